The van der Waals surface area contributed by atoms with E-state index in [-0.39, 0.29) is 0 Å². The van der Waals surface area contributed by atoms with E-state index in [1.807, 2.05) is 0 Å². The zero-order chi connectivity index (χ0) is 49.7. The van der Waals surface area contributed by atoms with Crippen molar-refractivity contribution in [3.8, 4) is 39.1 Å². The molecule has 0 radical (unpaired) electrons. The highest BCUT2D eigenvalue weighted by molar-refractivity contribution is 6.37. The lowest BCUT2D eigenvalue weighted by Crippen LogP contribution is -2.09. The first-order valence-electron chi connectivity index (χ1n) is 25.9. The predicted molar refractivity (Wildman–Crippen MR) is 319 cm³/mol. The Hall–Kier alpha value is -9.70. The maximum absolute atomic E-state index is 7.38. The second-order valence-electron chi connectivity index (χ2n) is 20.1. The number of aryl methyl sites for hydroxylation is 2. The molecule has 0 bridgehead atoms. The summed E-state index contributed by atoms with van der Waals surface area (Å²) in [7, 11) is 0. The monoisotopic (exact) mass is 956 g/mol. The molecule has 15 aromatic rings. The largest absolute Gasteiger partial charge is 0.455 e. The molecule has 2 aromatic heterocycles. The van der Waals surface area contributed by atoms with Crippen molar-refractivity contribution in [2.75, 3.05) is 4.90 Å². The van der Waals surface area contributed by atoms with Crippen molar-refractivity contribution in [1.82, 2.24) is 4.57 Å². The summed E-state index contributed by atoms with van der Waals surface area (Å²) < 4.78 is 9.86. The number of anilines is 3. The molecule has 352 valence electrons. The Bertz CT molecular complexity index is 4770. The average Bonchev–Trinajstić information content (AvgIpc) is 4.02. The van der Waals surface area contributed by atoms with E-state index in [0.717, 1.165) is 77.6 Å². The van der Waals surface area contributed by atoms with Gasteiger partial charge in [-0.3, -0.25) is 0 Å². The van der Waals surface area contributed by atoms with Crippen LogP contribution >= 0.6 is 0 Å². The number of fused-ring (bicyclic) bond motifs is 16. The molecule has 3 heteroatoms. The maximum Gasteiger partial charge on any atom is 0.146 e. The van der Waals surface area contributed by atoms with E-state index in [4.69, 9.17) is 4.42 Å². The van der Waals surface area contributed by atoms with Gasteiger partial charge in [-0.2, -0.15) is 0 Å². The molecule has 0 saturated carbocycles. The van der Waals surface area contributed by atoms with Gasteiger partial charge in [-0.15, -0.1) is 0 Å². The van der Waals surface area contributed by atoms with Gasteiger partial charge in [0.1, 0.15) is 11.2 Å². The van der Waals surface area contributed by atoms with Gasteiger partial charge in [0.25, 0.3) is 0 Å². The van der Waals surface area contributed by atoms with Gasteiger partial charge in [-0.1, -0.05) is 182 Å². The van der Waals surface area contributed by atoms with Crippen molar-refractivity contribution in [3.05, 3.63) is 266 Å². The van der Waals surface area contributed by atoms with Gasteiger partial charge in [0.05, 0.1) is 16.4 Å². The number of hydrogen-bond donors (Lipinski definition) is 0. The van der Waals surface area contributed by atoms with E-state index in [0.29, 0.717) is 0 Å². The van der Waals surface area contributed by atoms with E-state index in [2.05, 4.69) is 278 Å². The number of benzene rings is 13. The van der Waals surface area contributed by atoms with Gasteiger partial charge in [-0.25, -0.2) is 0 Å². The second kappa shape index (κ2) is 16.9. The highest BCUT2D eigenvalue weighted by Gasteiger charge is 2.25. The first-order valence-corrected chi connectivity index (χ1v) is 25.9. The Kier molecular flexibility index (Phi) is 9.70. The van der Waals surface area contributed by atoms with Crippen LogP contribution in [0.1, 0.15) is 11.1 Å². The van der Waals surface area contributed by atoms with E-state index >= 15 is 0 Å². The summed E-state index contributed by atoms with van der Waals surface area (Å²) in [5.74, 6) is 0. The molecule has 0 aliphatic heterocycles. The fraction of sp³-hybridized carbons (Fsp3) is 0.0278. The van der Waals surface area contributed by atoms with Crippen LogP contribution in [0.3, 0.4) is 0 Å². The zero-order valence-electron chi connectivity index (χ0n) is 41.6. The Labute approximate surface area is 434 Å². The van der Waals surface area contributed by atoms with Gasteiger partial charge in [0.15, 0.2) is 0 Å². The third kappa shape index (κ3) is 6.75. The SMILES string of the molecule is Cc1ccc(-n2c3ccc(-c4cccc(N(c5ccccc5)c5ccc(-c6ccccc6-c6ccccc6)cc5)c4)cc3c3c4oc5cc6c7ccccc7c7ccccc7c6cc5c4c4ccccc4c32)cc1C. The van der Waals surface area contributed by atoms with Crippen LogP contribution in [0.5, 0.6) is 0 Å². The van der Waals surface area contributed by atoms with Crippen LogP contribution in [0.4, 0.5) is 17.1 Å². The maximum atomic E-state index is 7.38. The lowest BCUT2D eigenvalue weighted by molar-refractivity contribution is 0.673. The smallest absolute Gasteiger partial charge is 0.146 e. The Balaban J connectivity index is 0.949. The normalized spacial score (nSPS) is 11.9. The van der Waals surface area contributed by atoms with Crippen molar-refractivity contribution >= 4 is 104 Å². The summed E-state index contributed by atoms with van der Waals surface area (Å²) in [6, 6.07) is 93.2. The standard InChI is InChI=1S/C72H48N2O/c1-45-32-36-54(40-46(45)2)74-67-39-35-50(49-20-17-23-53(41-49)73(51-21-7-4-8-22-51)52-37-33-48(34-38-52)56-25-10-9-24-55(56)47-18-5-3-6-19-47)42-65(67)70-71(74)62-31-16-15-30-61(62)69-66-43-63-59-28-13-11-26-57(59)58-27-12-14-29-60(58)64(63)44-68(66)75-72(69)70/h3-44H,1-2H3. The molecular weight excluding hydrogens is 909 g/mol. The molecule has 0 spiro atoms. The van der Waals surface area contributed by atoms with E-state index in [9.17, 15) is 0 Å². The van der Waals surface area contributed by atoms with Crippen molar-refractivity contribution < 1.29 is 4.42 Å². The quantitative estimate of drug-likeness (QED) is 0.148. The third-order valence-electron chi connectivity index (χ3n) is 15.8. The summed E-state index contributed by atoms with van der Waals surface area (Å²) in [6.07, 6.45) is 0. The minimum atomic E-state index is 0.890. The fourth-order valence-electron chi connectivity index (χ4n) is 12.2. The van der Waals surface area contributed by atoms with Crippen molar-refractivity contribution in [1.29, 1.82) is 0 Å². The summed E-state index contributed by atoms with van der Waals surface area (Å²) in [5, 5.41) is 14.3. The number of hydrogen-bond acceptors (Lipinski definition) is 2. The molecule has 15 rings (SSSR count). The number of rotatable bonds is 7. The van der Waals surface area contributed by atoms with Crippen LogP contribution in [-0.4, -0.2) is 4.57 Å². The van der Waals surface area contributed by atoms with Gasteiger partial charge in [-0.05, 0) is 169 Å². The zero-order valence-corrected chi connectivity index (χ0v) is 41.6. The molecule has 0 aliphatic rings. The van der Waals surface area contributed by atoms with E-state index in [1.54, 1.807) is 0 Å². The average molecular weight is 957 g/mol. The van der Waals surface area contributed by atoms with Crippen LogP contribution < -0.4 is 4.90 Å². The molecule has 0 aliphatic carbocycles. The summed E-state index contributed by atoms with van der Waals surface area (Å²) in [5.41, 5.74) is 18.1. The summed E-state index contributed by atoms with van der Waals surface area (Å²) in [4.78, 5) is 2.36. The lowest BCUT2D eigenvalue weighted by Gasteiger charge is -2.26. The molecule has 0 fully saturated rings. The number of aromatic nitrogens is 1. The molecule has 75 heavy (non-hydrogen) atoms. The molecule has 3 nitrogen and oxygen atoms in total. The molecule has 0 amide bonds. The molecule has 0 atom stereocenters. The highest BCUT2D eigenvalue weighted by atomic mass is 16.3. The van der Waals surface area contributed by atoms with E-state index in [1.165, 1.54) is 76.5 Å². The first kappa shape index (κ1) is 42.9. The first-order chi connectivity index (χ1) is 37.0. The van der Waals surface area contributed by atoms with E-state index < -0.39 is 0 Å². The highest BCUT2D eigenvalue weighted by Crippen LogP contribution is 2.49. The molecule has 2 heterocycles. The molecule has 0 N–H and O–H groups in total. The Morgan fingerprint density at radius 1 is 0.320 bits per heavy atom. The van der Waals surface area contributed by atoms with Crippen molar-refractivity contribution in [2.45, 2.75) is 13.8 Å². The number of furan rings is 1. The van der Waals surface area contributed by atoms with Crippen molar-refractivity contribution in [2.24, 2.45) is 0 Å². The summed E-state index contributed by atoms with van der Waals surface area (Å²) in [6.45, 7) is 4.40. The van der Waals surface area contributed by atoms with Crippen LogP contribution in [-0.2, 0) is 0 Å². The van der Waals surface area contributed by atoms with Gasteiger partial charge in [0.2, 0.25) is 0 Å². The third-order valence-corrected chi connectivity index (χ3v) is 15.8. The number of nitrogens with zero attached hydrogens (tertiary/aromatic N) is 2. The van der Waals surface area contributed by atoms with Crippen molar-refractivity contribution in [3.63, 3.8) is 0 Å². The Morgan fingerprint density at radius 3 is 1.55 bits per heavy atom. The number of para-hydroxylation sites is 1. The molecule has 0 unspecified atom stereocenters. The van der Waals surface area contributed by atoms with Crippen LogP contribution in [0.25, 0.3) is 126 Å². The molecular formula is C72H48N2O. The minimum absolute atomic E-state index is 0.890. The molecule has 13 aromatic carbocycles. The molecule has 0 saturated heterocycles. The summed E-state index contributed by atoms with van der Waals surface area (Å²) >= 11 is 0. The van der Waals surface area contributed by atoms with Crippen LogP contribution in [0.15, 0.2) is 259 Å². The predicted octanol–water partition coefficient (Wildman–Crippen LogP) is 20.4. The Morgan fingerprint density at radius 2 is 0.853 bits per heavy atom. The van der Waals surface area contributed by atoms with Gasteiger partial charge in [0, 0.05) is 44.3 Å². The lowest BCUT2D eigenvalue weighted by atomic mass is 9.92. The topological polar surface area (TPSA) is 21.3 Å². The van der Waals surface area contributed by atoms with Gasteiger partial charge >= 0.3 is 0 Å². The second-order valence-corrected chi connectivity index (χ2v) is 20.1. The van der Waals surface area contributed by atoms with Crippen LogP contribution in [0.2, 0.25) is 0 Å². The minimum Gasteiger partial charge on any atom is -0.455 e. The van der Waals surface area contributed by atoms with Gasteiger partial charge < -0.3 is 13.9 Å². The fourth-order valence-corrected chi connectivity index (χ4v) is 12.2. The van der Waals surface area contributed by atoms with Crippen LogP contribution in [0, 0.1) is 13.8 Å².